The number of nitrogens with one attached hydrogen (secondary N) is 1. The molecule has 0 bridgehead atoms. The molecule has 0 radical (unpaired) electrons. The average molecular weight is 198 g/mol. The van der Waals surface area contributed by atoms with Crippen molar-refractivity contribution in [3.8, 4) is 0 Å². The van der Waals surface area contributed by atoms with Crippen molar-refractivity contribution in [3.63, 3.8) is 0 Å². The minimum absolute atomic E-state index is 0.557. The molecule has 2 saturated heterocycles. The maximum Gasteiger partial charge on any atom is 0.119 e. The lowest BCUT2D eigenvalue weighted by Crippen LogP contribution is -2.55. The van der Waals surface area contributed by atoms with Gasteiger partial charge in [0.25, 0.3) is 0 Å². The van der Waals surface area contributed by atoms with Crippen molar-refractivity contribution in [3.05, 3.63) is 0 Å². The molecule has 2 rings (SSSR count). The van der Waals surface area contributed by atoms with E-state index in [-0.39, 0.29) is 0 Å². The molecular formula is C10H22N4. The first-order chi connectivity index (χ1) is 6.83. The van der Waals surface area contributed by atoms with Gasteiger partial charge in [-0.1, -0.05) is 6.92 Å². The molecule has 4 heteroatoms. The van der Waals surface area contributed by atoms with Crippen LogP contribution in [0.4, 0.5) is 0 Å². The van der Waals surface area contributed by atoms with Crippen molar-refractivity contribution >= 4 is 0 Å². The van der Waals surface area contributed by atoms with E-state index in [2.05, 4.69) is 34.0 Å². The number of fused-ring (bicyclic) bond motifs is 1. The van der Waals surface area contributed by atoms with E-state index in [1.54, 1.807) is 0 Å². The molecule has 4 nitrogen and oxygen atoms in total. The highest BCUT2D eigenvalue weighted by atomic mass is 15.5. The fraction of sp³-hybridized carbons (Fsp3) is 1.00. The van der Waals surface area contributed by atoms with E-state index in [1.807, 2.05) is 0 Å². The summed E-state index contributed by atoms with van der Waals surface area (Å²) in [5.41, 5.74) is 0. The van der Waals surface area contributed by atoms with Gasteiger partial charge in [-0.3, -0.25) is 14.7 Å². The summed E-state index contributed by atoms with van der Waals surface area (Å²) >= 11 is 0. The van der Waals surface area contributed by atoms with Gasteiger partial charge < -0.3 is 5.32 Å². The van der Waals surface area contributed by atoms with Crippen LogP contribution in [-0.2, 0) is 0 Å². The van der Waals surface area contributed by atoms with Gasteiger partial charge in [-0.05, 0) is 13.6 Å². The second-order valence-electron chi connectivity index (χ2n) is 4.24. The predicted molar refractivity (Wildman–Crippen MR) is 58.1 cm³/mol. The van der Waals surface area contributed by atoms with Crippen LogP contribution in [-0.4, -0.2) is 73.9 Å². The summed E-state index contributed by atoms with van der Waals surface area (Å²) in [6.07, 6.45) is 0.557. The SMILES string of the molecule is CCN1CCN2CCNCCN(C)C12. The molecule has 0 saturated carbocycles. The predicted octanol–water partition coefficient (Wildman–Crippen LogP) is -0.557. The quantitative estimate of drug-likeness (QED) is 0.610. The Morgan fingerprint density at radius 3 is 2.71 bits per heavy atom. The highest BCUT2D eigenvalue weighted by Crippen LogP contribution is 2.16. The maximum atomic E-state index is 3.46. The second kappa shape index (κ2) is 4.57. The number of hydrogen-bond acceptors (Lipinski definition) is 4. The number of nitrogens with zero attached hydrogens (tertiary/aromatic N) is 3. The van der Waals surface area contributed by atoms with Crippen LogP contribution in [0.25, 0.3) is 0 Å². The monoisotopic (exact) mass is 198 g/mol. The van der Waals surface area contributed by atoms with Gasteiger partial charge in [-0.15, -0.1) is 0 Å². The summed E-state index contributed by atoms with van der Waals surface area (Å²) < 4.78 is 0. The van der Waals surface area contributed by atoms with Gasteiger partial charge >= 0.3 is 0 Å². The molecule has 14 heavy (non-hydrogen) atoms. The standard InChI is InChI=1S/C10H22N4/c1-3-13-8-9-14-7-5-11-4-6-12(2)10(13)14/h10-11H,3-9H2,1-2H3. The molecule has 2 fully saturated rings. The van der Waals surface area contributed by atoms with E-state index < -0.39 is 0 Å². The zero-order valence-electron chi connectivity index (χ0n) is 9.37. The van der Waals surface area contributed by atoms with E-state index in [0.717, 1.165) is 19.6 Å². The van der Waals surface area contributed by atoms with Gasteiger partial charge in [0.05, 0.1) is 0 Å². The van der Waals surface area contributed by atoms with Gasteiger partial charge in [-0.25, -0.2) is 0 Å². The smallest absolute Gasteiger partial charge is 0.119 e. The van der Waals surface area contributed by atoms with Crippen molar-refractivity contribution in [1.29, 1.82) is 0 Å². The average Bonchev–Trinajstić information content (AvgIpc) is 2.56. The third kappa shape index (κ3) is 1.93. The molecule has 0 aromatic carbocycles. The van der Waals surface area contributed by atoms with Crippen LogP contribution in [0.5, 0.6) is 0 Å². The number of likely N-dealkylation sites (N-methyl/N-ethyl adjacent to an activating group) is 2. The summed E-state index contributed by atoms with van der Waals surface area (Å²) in [5.74, 6) is 0. The molecule has 0 aromatic heterocycles. The molecule has 2 aliphatic heterocycles. The summed E-state index contributed by atoms with van der Waals surface area (Å²) in [4.78, 5) is 7.60. The van der Waals surface area contributed by atoms with Gasteiger partial charge in [0.2, 0.25) is 0 Å². The lowest BCUT2D eigenvalue weighted by Gasteiger charge is -2.38. The Hall–Kier alpha value is -0.160. The normalized spacial score (nSPS) is 32.6. The van der Waals surface area contributed by atoms with Crippen molar-refractivity contribution in [1.82, 2.24) is 20.0 Å². The second-order valence-corrected chi connectivity index (χ2v) is 4.24. The largest absolute Gasteiger partial charge is 0.314 e. The van der Waals surface area contributed by atoms with Crippen molar-refractivity contribution < 1.29 is 0 Å². The topological polar surface area (TPSA) is 21.8 Å². The summed E-state index contributed by atoms with van der Waals surface area (Å²) in [5, 5.41) is 3.46. The Labute approximate surface area is 86.8 Å². The molecule has 0 aromatic rings. The molecule has 1 N–H and O–H groups in total. The van der Waals surface area contributed by atoms with E-state index in [9.17, 15) is 0 Å². The molecular weight excluding hydrogens is 176 g/mol. The van der Waals surface area contributed by atoms with Crippen LogP contribution in [0.2, 0.25) is 0 Å². The Kier molecular flexibility index (Phi) is 3.38. The molecule has 0 spiro atoms. The molecule has 2 aliphatic rings. The van der Waals surface area contributed by atoms with Crippen LogP contribution in [0.3, 0.4) is 0 Å². The zero-order valence-corrected chi connectivity index (χ0v) is 9.37. The third-order valence-corrected chi connectivity index (χ3v) is 3.35. The van der Waals surface area contributed by atoms with Crippen LogP contribution in [0.1, 0.15) is 6.92 Å². The summed E-state index contributed by atoms with van der Waals surface area (Å²) in [6.45, 7) is 10.5. The fourth-order valence-electron chi connectivity index (χ4n) is 2.54. The van der Waals surface area contributed by atoms with Crippen LogP contribution in [0.15, 0.2) is 0 Å². The van der Waals surface area contributed by atoms with E-state index >= 15 is 0 Å². The Morgan fingerprint density at radius 2 is 1.93 bits per heavy atom. The zero-order chi connectivity index (χ0) is 9.97. The van der Waals surface area contributed by atoms with Gasteiger partial charge in [0, 0.05) is 39.3 Å². The van der Waals surface area contributed by atoms with E-state index in [0.29, 0.717) is 6.29 Å². The highest BCUT2D eigenvalue weighted by Gasteiger charge is 2.33. The Morgan fingerprint density at radius 1 is 1.14 bits per heavy atom. The molecule has 0 aliphatic carbocycles. The third-order valence-electron chi connectivity index (χ3n) is 3.35. The Balaban J connectivity index is 2.04. The number of hydrogen-bond donors (Lipinski definition) is 1. The summed E-state index contributed by atoms with van der Waals surface area (Å²) in [7, 11) is 2.23. The molecule has 1 unspecified atom stereocenters. The molecule has 82 valence electrons. The first-order valence-corrected chi connectivity index (χ1v) is 5.72. The number of rotatable bonds is 1. The highest BCUT2D eigenvalue weighted by molar-refractivity contribution is 4.82. The lowest BCUT2D eigenvalue weighted by atomic mass is 10.4. The van der Waals surface area contributed by atoms with Crippen LogP contribution < -0.4 is 5.32 Å². The summed E-state index contributed by atoms with van der Waals surface area (Å²) in [6, 6.07) is 0. The van der Waals surface area contributed by atoms with Gasteiger partial charge in [-0.2, -0.15) is 0 Å². The van der Waals surface area contributed by atoms with E-state index in [4.69, 9.17) is 0 Å². The molecule has 1 atom stereocenters. The lowest BCUT2D eigenvalue weighted by molar-refractivity contribution is -0.00135. The first-order valence-electron chi connectivity index (χ1n) is 5.72. The fourth-order valence-corrected chi connectivity index (χ4v) is 2.54. The maximum absolute atomic E-state index is 3.46. The van der Waals surface area contributed by atoms with Crippen molar-refractivity contribution in [2.75, 3.05) is 52.9 Å². The molecule has 0 amide bonds. The van der Waals surface area contributed by atoms with Crippen molar-refractivity contribution in [2.45, 2.75) is 13.2 Å². The van der Waals surface area contributed by atoms with Gasteiger partial charge in [0.15, 0.2) is 0 Å². The van der Waals surface area contributed by atoms with Crippen LogP contribution >= 0.6 is 0 Å². The minimum atomic E-state index is 0.557. The Bertz CT molecular complexity index is 185. The van der Waals surface area contributed by atoms with Crippen LogP contribution in [0, 0.1) is 0 Å². The minimum Gasteiger partial charge on any atom is -0.314 e. The van der Waals surface area contributed by atoms with E-state index in [1.165, 1.54) is 26.2 Å². The first kappa shape index (κ1) is 10.4. The molecule has 2 heterocycles. The van der Waals surface area contributed by atoms with Gasteiger partial charge in [0.1, 0.15) is 6.29 Å². The van der Waals surface area contributed by atoms with Crippen molar-refractivity contribution in [2.24, 2.45) is 0 Å².